The number of anilines is 2. The molecule has 1 aliphatic heterocycles. The molecule has 0 unspecified atom stereocenters. The number of hydrogen-bond acceptors (Lipinski definition) is 8. The van der Waals surface area contributed by atoms with Crippen LogP contribution in [0.15, 0.2) is 42.7 Å². The zero-order valence-corrected chi connectivity index (χ0v) is 22.7. The first kappa shape index (κ1) is 25.7. The number of fused-ring (bicyclic) bond motifs is 2. The average molecular weight is 563 g/mol. The molecule has 5 heterocycles. The number of aryl methyl sites for hydroxylation is 1. The highest BCUT2D eigenvalue weighted by Gasteiger charge is 2.34. The van der Waals surface area contributed by atoms with Gasteiger partial charge in [-0.1, -0.05) is 0 Å². The van der Waals surface area contributed by atoms with Crippen molar-refractivity contribution >= 4 is 27.9 Å². The van der Waals surface area contributed by atoms with Gasteiger partial charge in [-0.2, -0.15) is 27.9 Å². The number of alkyl halides is 3. The van der Waals surface area contributed by atoms with Crippen molar-refractivity contribution in [1.29, 1.82) is 0 Å². The number of nitrogens with one attached hydrogen (secondary N) is 1. The Labute approximate surface area is 233 Å². The number of benzene rings is 1. The van der Waals surface area contributed by atoms with E-state index < -0.39 is 11.7 Å². The third-order valence-electron chi connectivity index (χ3n) is 7.84. The Balaban J connectivity index is 1.28. The van der Waals surface area contributed by atoms with Crippen LogP contribution in [0.5, 0.6) is 0 Å². The largest absolute Gasteiger partial charge is 0.416 e. The van der Waals surface area contributed by atoms with Crippen LogP contribution in [0.3, 0.4) is 0 Å². The first-order valence-corrected chi connectivity index (χ1v) is 13.7. The molecule has 1 saturated carbocycles. The molecule has 0 bridgehead atoms. The molecule has 4 aromatic heterocycles. The Morgan fingerprint density at radius 3 is 2.51 bits per heavy atom. The SMILES string of the molecule is CN1CCN(c2cc3c(NCc4nnc5ccc(-c6cnn(C)c6)nn45)cc(C(F)(F)F)cc3nc2C2CC2)CC1. The summed E-state index contributed by atoms with van der Waals surface area (Å²) in [5.74, 6) is 0.764. The number of pyridine rings is 1. The molecule has 212 valence electrons. The highest BCUT2D eigenvalue weighted by atomic mass is 19.4. The van der Waals surface area contributed by atoms with Crippen LogP contribution in [0.2, 0.25) is 0 Å². The van der Waals surface area contributed by atoms with Gasteiger partial charge in [-0.25, -0.2) is 0 Å². The highest BCUT2D eigenvalue weighted by molar-refractivity contribution is 5.95. The molecule has 0 spiro atoms. The summed E-state index contributed by atoms with van der Waals surface area (Å²) in [7, 11) is 3.92. The molecule has 1 N–H and O–H groups in total. The summed E-state index contributed by atoms with van der Waals surface area (Å²) in [4.78, 5) is 9.46. The maximum absolute atomic E-state index is 14.0. The van der Waals surface area contributed by atoms with Crippen molar-refractivity contribution in [2.24, 2.45) is 7.05 Å². The third kappa shape index (κ3) is 4.94. The first-order valence-electron chi connectivity index (χ1n) is 13.7. The second-order valence-electron chi connectivity index (χ2n) is 10.9. The lowest BCUT2D eigenvalue weighted by molar-refractivity contribution is -0.137. The molecule has 7 rings (SSSR count). The van der Waals surface area contributed by atoms with Crippen molar-refractivity contribution in [1.82, 2.24) is 39.5 Å². The third-order valence-corrected chi connectivity index (χ3v) is 7.84. The van der Waals surface area contributed by atoms with Crippen LogP contribution in [0.25, 0.3) is 27.8 Å². The molecule has 1 saturated heterocycles. The molecular weight excluding hydrogens is 533 g/mol. The number of halogens is 3. The minimum atomic E-state index is -4.51. The minimum absolute atomic E-state index is 0.120. The van der Waals surface area contributed by atoms with Crippen molar-refractivity contribution in [2.45, 2.75) is 31.5 Å². The van der Waals surface area contributed by atoms with Gasteiger partial charge in [-0.05, 0) is 50.2 Å². The van der Waals surface area contributed by atoms with E-state index in [1.165, 1.54) is 0 Å². The molecule has 5 aromatic rings. The fourth-order valence-electron chi connectivity index (χ4n) is 5.37. The number of aromatic nitrogens is 7. The van der Waals surface area contributed by atoms with Crippen LogP contribution in [-0.2, 0) is 19.8 Å². The van der Waals surface area contributed by atoms with Gasteiger partial charge in [-0.15, -0.1) is 10.2 Å². The van der Waals surface area contributed by atoms with Crippen LogP contribution in [0.4, 0.5) is 24.5 Å². The van der Waals surface area contributed by atoms with Gasteiger partial charge in [-0.3, -0.25) is 9.67 Å². The molecule has 2 fully saturated rings. The molecular formula is C28H29F3N10. The van der Waals surface area contributed by atoms with Gasteiger partial charge in [0.1, 0.15) is 0 Å². The number of likely N-dealkylation sites (N-methyl/N-ethyl adjacent to an activating group) is 1. The lowest BCUT2D eigenvalue weighted by Gasteiger charge is -2.35. The summed E-state index contributed by atoms with van der Waals surface area (Å²) in [6.07, 6.45) is 1.08. The topological polar surface area (TPSA) is 92.3 Å². The quantitative estimate of drug-likeness (QED) is 0.327. The Morgan fingerprint density at radius 1 is 1.00 bits per heavy atom. The van der Waals surface area contributed by atoms with E-state index in [-0.39, 0.29) is 6.54 Å². The maximum Gasteiger partial charge on any atom is 0.416 e. The Morgan fingerprint density at radius 2 is 1.80 bits per heavy atom. The Bertz CT molecular complexity index is 1750. The van der Waals surface area contributed by atoms with E-state index in [0.29, 0.717) is 39.7 Å². The van der Waals surface area contributed by atoms with Crippen molar-refractivity contribution in [2.75, 3.05) is 43.4 Å². The second-order valence-corrected chi connectivity index (χ2v) is 10.9. The van der Waals surface area contributed by atoms with Gasteiger partial charge in [0.25, 0.3) is 0 Å². The van der Waals surface area contributed by atoms with Gasteiger partial charge >= 0.3 is 6.18 Å². The molecule has 0 atom stereocenters. The van der Waals surface area contributed by atoms with Gasteiger partial charge in [0.05, 0.1) is 40.9 Å². The molecule has 10 nitrogen and oxygen atoms in total. The summed E-state index contributed by atoms with van der Waals surface area (Å²) in [6, 6.07) is 7.98. The standard InChI is InChI=1S/C28H29F3N10/c1-38-7-9-40(10-8-38)24-13-20-22(11-19(28(29,30)31)12-23(20)34-27(24)17-3-4-17)32-15-26-36-35-25-6-5-21(37-41(25)26)18-14-33-39(2)16-18/h5-6,11-14,16-17,32H,3-4,7-10,15H2,1-2H3. The van der Waals surface area contributed by atoms with E-state index >= 15 is 0 Å². The smallest absolute Gasteiger partial charge is 0.377 e. The highest BCUT2D eigenvalue weighted by Crippen LogP contribution is 2.46. The normalized spacial score (nSPS) is 16.7. The van der Waals surface area contributed by atoms with Crippen LogP contribution < -0.4 is 10.2 Å². The summed E-state index contributed by atoms with van der Waals surface area (Å²) < 4.78 is 45.3. The van der Waals surface area contributed by atoms with Crippen LogP contribution >= 0.6 is 0 Å². The molecule has 13 heteroatoms. The van der Waals surface area contributed by atoms with Crippen molar-refractivity contribution < 1.29 is 13.2 Å². The summed E-state index contributed by atoms with van der Waals surface area (Å²) in [5.41, 5.74) is 3.93. The fourth-order valence-corrected chi connectivity index (χ4v) is 5.37. The second kappa shape index (κ2) is 9.68. The van der Waals surface area contributed by atoms with E-state index in [0.717, 1.165) is 68.1 Å². The first-order chi connectivity index (χ1) is 19.7. The number of nitrogens with zero attached hydrogens (tertiary/aromatic N) is 9. The van der Waals surface area contributed by atoms with Gasteiger partial charge in [0.15, 0.2) is 11.5 Å². The summed E-state index contributed by atoms with van der Waals surface area (Å²) >= 11 is 0. The maximum atomic E-state index is 14.0. The average Bonchev–Trinajstić information content (AvgIpc) is 3.59. The Kier molecular flexibility index (Phi) is 6.07. The minimum Gasteiger partial charge on any atom is -0.377 e. The van der Waals surface area contributed by atoms with Crippen molar-refractivity contribution in [3.63, 3.8) is 0 Å². The predicted molar refractivity (Wildman–Crippen MR) is 149 cm³/mol. The number of piperazine rings is 1. The van der Waals surface area contributed by atoms with E-state index in [9.17, 15) is 13.2 Å². The molecule has 1 aliphatic carbocycles. The van der Waals surface area contributed by atoms with Gasteiger partial charge in [0.2, 0.25) is 0 Å². The zero-order chi connectivity index (χ0) is 28.3. The van der Waals surface area contributed by atoms with Crippen LogP contribution in [-0.4, -0.2) is 72.7 Å². The zero-order valence-electron chi connectivity index (χ0n) is 22.7. The lowest BCUT2D eigenvalue weighted by Crippen LogP contribution is -2.44. The van der Waals surface area contributed by atoms with Gasteiger partial charge in [0, 0.05) is 62.0 Å². The lowest BCUT2D eigenvalue weighted by atomic mass is 10.0. The Hall–Kier alpha value is -4.26. The fraction of sp³-hybridized carbons (Fsp3) is 0.393. The molecule has 0 amide bonds. The predicted octanol–water partition coefficient (Wildman–Crippen LogP) is 4.33. The number of hydrogen-bond donors (Lipinski definition) is 1. The van der Waals surface area contributed by atoms with E-state index in [4.69, 9.17) is 4.98 Å². The monoisotopic (exact) mass is 562 g/mol. The molecule has 2 aliphatic rings. The number of rotatable bonds is 6. The molecule has 0 radical (unpaired) electrons. The summed E-state index contributed by atoms with van der Waals surface area (Å²) in [5, 5.41) is 21.2. The summed E-state index contributed by atoms with van der Waals surface area (Å²) in [6.45, 7) is 3.67. The molecule has 1 aromatic carbocycles. The van der Waals surface area contributed by atoms with Crippen LogP contribution in [0.1, 0.15) is 35.8 Å². The van der Waals surface area contributed by atoms with E-state index in [2.05, 4.69) is 42.6 Å². The van der Waals surface area contributed by atoms with Gasteiger partial charge < -0.3 is 15.1 Å². The van der Waals surface area contributed by atoms with Crippen LogP contribution in [0, 0.1) is 0 Å². The van der Waals surface area contributed by atoms with Crippen molar-refractivity contribution in [3.05, 3.63) is 59.8 Å². The van der Waals surface area contributed by atoms with Crippen molar-refractivity contribution in [3.8, 4) is 11.3 Å². The van der Waals surface area contributed by atoms with E-state index in [1.54, 1.807) is 21.5 Å². The van der Waals surface area contributed by atoms with E-state index in [1.807, 2.05) is 25.4 Å². The molecule has 41 heavy (non-hydrogen) atoms.